The molecule has 0 heterocycles. The van der Waals surface area contributed by atoms with Crippen molar-refractivity contribution in [1.82, 2.24) is 0 Å². The Labute approximate surface area is 135 Å². The van der Waals surface area contributed by atoms with Crippen LogP contribution in [0.2, 0.25) is 0 Å². The van der Waals surface area contributed by atoms with E-state index in [4.69, 9.17) is 1.37 Å². The van der Waals surface area contributed by atoms with Gasteiger partial charge in [0.15, 0.2) is 0 Å². The van der Waals surface area contributed by atoms with E-state index in [1.54, 1.807) is 0 Å². The zero-order valence-corrected chi connectivity index (χ0v) is 13.5. The molecule has 97 valence electrons. The first-order valence-corrected chi connectivity index (χ1v) is 3.29. The van der Waals surface area contributed by atoms with Crippen LogP contribution in [-0.2, 0) is 19.1 Å². The molecule has 0 rings (SSSR count). The van der Waals surface area contributed by atoms with Gasteiger partial charge in [0.05, 0.1) is 8.52 Å². The minimum atomic E-state index is -1.00. The zero-order chi connectivity index (χ0) is 12.1. The number of hydrogen-bond acceptors (Lipinski definition) is 4. The average Bonchev–Trinajstić information content (AvgIpc) is 1.82. The van der Waals surface area contributed by atoms with Gasteiger partial charge in [0.2, 0.25) is 0 Å². The van der Waals surface area contributed by atoms with Crippen LogP contribution < -0.4 is 0 Å². The van der Waals surface area contributed by atoms with Crippen LogP contribution in [0.1, 0.15) is 43.9 Å². The number of Topliss-reactive ketones (excluding diaryl/α,β-unsaturated/α-hetero) is 1. The molecule has 0 aliphatic carbocycles. The van der Waals surface area contributed by atoms with Gasteiger partial charge in [-0.15, -0.1) is 0 Å². The number of carbonyl (C=O) groups is 3. The van der Waals surface area contributed by atoms with Crippen LogP contribution in [0, 0.1) is 44.1 Å². The van der Waals surface area contributed by atoms with Gasteiger partial charge in [0, 0.05) is 57.9 Å². The second kappa shape index (κ2) is 29.5. The molecule has 0 aromatic carbocycles. The second-order valence-corrected chi connectivity index (χ2v) is 1.99. The van der Waals surface area contributed by atoms with E-state index in [1.165, 1.54) is 27.7 Å². The van der Waals surface area contributed by atoms with Crippen LogP contribution >= 0.6 is 0 Å². The smallest absolute Gasteiger partial charge is 0.310 e. The zero-order valence-electron chi connectivity index (χ0n) is 9.80. The van der Waals surface area contributed by atoms with E-state index in [-0.39, 0.29) is 64.7 Å². The van der Waals surface area contributed by atoms with E-state index in [2.05, 4.69) is 4.74 Å². The average molecular weight is 454 g/mol. The summed E-state index contributed by atoms with van der Waals surface area (Å²) >= 11 is 0. The fraction of sp³-hybridized carbons (Fsp3) is 0.700. The molecule has 0 aromatic rings. The predicted molar refractivity (Wildman–Crippen MR) is 59.3 cm³/mol. The topological polar surface area (TPSA) is 60.4 Å². The molecule has 6 heteroatoms. The molecule has 0 atom stereocenters. The van der Waals surface area contributed by atoms with Gasteiger partial charge in [-0.1, -0.05) is 14.9 Å². The summed E-state index contributed by atoms with van der Waals surface area (Å²) in [5, 5.41) is 0. The molecule has 0 aromatic heterocycles. The Morgan fingerprint density at radius 1 is 1.00 bits per heavy atom. The number of rotatable bonds is 0. The molecule has 0 fully saturated rings. The summed E-state index contributed by atoms with van der Waals surface area (Å²) in [6, 6.07) is 0. The first kappa shape index (κ1) is 29.8. The monoisotopic (exact) mass is 454 g/mol. The van der Waals surface area contributed by atoms with Crippen molar-refractivity contribution in [1.29, 1.82) is 0 Å². The van der Waals surface area contributed by atoms with Crippen molar-refractivity contribution in [2.24, 2.45) is 0 Å². The van der Waals surface area contributed by atoms with Gasteiger partial charge in [-0.25, -0.2) is 0 Å². The van der Waals surface area contributed by atoms with Crippen molar-refractivity contribution in [2.75, 3.05) is 7.15 Å². The summed E-state index contributed by atoms with van der Waals surface area (Å²) in [4.78, 5) is 29.1. The first-order valence-electron chi connectivity index (χ1n) is 3.99. The maximum Gasteiger partial charge on any atom is 0.310 e. The summed E-state index contributed by atoms with van der Waals surface area (Å²) in [6.07, 6.45) is 0. The number of alkyl halides is 1. The predicted octanol–water partition coefficient (Wildman–Crippen LogP) is 2.55. The third-order valence-electron chi connectivity index (χ3n) is 0.287. The Morgan fingerprint density at radius 2 is 1.12 bits per heavy atom. The Bertz CT molecular complexity index is 173. The van der Waals surface area contributed by atoms with Crippen molar-refractivity contribution >= 4 is 17.7 Å². The first-order chi connectivity index (χ1) is 6.27. The molecule has 0 N–H and O–H groups in total. The van der Waals surface area contributed by atoms with Crippen LogP contribution in [0.25, 0.3) is 0 Å². The van der Waals surface area contributed by atoms with Gasteiger partial charge >= 0.3 is 11.9 Å². The van der Waals surface area contributed by atoms with Crippen molar-refractivity contribution in [3.63, 3.8) is 0 Å². The van der Waals surface area contributed by atoms with Gasteiger partial charge < -0.3 is 9.53 Å². The summed E-state index contributed by atoms with van der Waals surface area (Å²) in [5.74, 6) is -0.958. The van der Waals surface area contributed by atoms with E-state index in [1.807, 2.05) is 0 Å². The fourth-order valence-electron chi connectivity index (χ4n) is 0.202. The van der Waals surface area contributed by atoms with E-state index < -0.39 is 19.1 Å². The van der Waals surface area contributed by atoms with Crippen LogP contribution in [0.15, 0.2) is 0 Å². The normalized spacial score (nSPS) is 6.19. The molecule has 0 aliphatic rings. The maximum atomic E-state index is 9.96. The van der Waals surface area contributed by atoms with E-state index in [0.717, 1.165) is 0 Å². The molecule has 0 bridgehead atoms. The van der Waals surface area contributed by atoms with Crippen molar-refractivity contribution in [3.8, 4) is 0 Å². The second-order valence-electron chi connectivity index (χ2n) is 1.99. The quantitative estimate of drug-likeness (QED) is 0.417. The number of esters is 2. The number of ketones is 1. The van der Waals surface area contributed by atoms with Crippen LogP contribution in [0.5, 0.6) is 0 Å². The van der Waals surface area contributed by atoms with Gasteiger partial charge in [0.1, 0.15) is 5.78 Å². The van der Waals surface area contributed by atoms with Gasteiger partial charge in [0.25, 0.3) is 0 Å². The van der Waals surface area contributed by atoms with Gasteiger partial charge in [-0.2, -0.15) is 0 Å². The van der Waals surface area contributed by atoms with Crippen molar-refractivity contribution in [3.05, 3.63) is 0 Å². The number of carbonyl (C=O) groups excluding carboxylic acids is 3. The Morgan fingerprint density at radius 3 is 1.12 bits per heavy atom. The van der Waals surface area contributed by atoms with E-state index in [9.17, 15) is 18.8 Å². The third kappa shape index (κ3) is 141. The summed E-state index contributed by atoms with van der Waals surface area (Å²) in [6.45, 7) is 5.42. The Kier molecular flexibility index (Phi) is 54.9. The SMILES string of the molecule is C.C.CC(=O)OC(C)=O.CC(C)=O.[2H]CF.[Ac]. The molecule has 0 amide bonds. The van der Waals surface area contributed by atoms with E-state index in [0.29, 0.717) is 0 Å². The molecular weight excluding hydrogens is 430 g/mol. The van der Waals surface area contributed by atoms with E-state index >= 15 is 0 Å². The summed E-state index contributed by atoms with van der Waals surface area (Å²) in [7, 11) is -1.00. The number of halogens is 1. The Balaban J connectivity index is -0.0000000268. The Hall–Kier alpha value is 0.182. The third-order valence-corrected chi connectivity index (χ3v) is 0.287. The minimum Gasteiger partial charge on any atom is -0.394 e. The molecular formula is C10H23AcFO4. The van der Waals surface area contributed by atoms with Crippen LogP contribution in [-0.4, -0.2) is 24.9 Å². The molecule has 0 unspecified atom stereocenters. The molecule has 16 heavy (non-hydrogen) atoms. The van der Waals surface area contributed by atoms with Crippen LogP contribution in [0.4, 0.5) is 4.39 Å². The molecule has 0 aliphatic heterocycles. The van der Waals surface area contributed by atoms with Crippen molar-refractivity contribution < 1.29 is 68.9 Å². The standard InChI is InChI=1S/C4H6O3.C3H6O.CH3F.2CH4.Ac/c1-3(5)7-4(2)6;1-3(2)4;1-2;;;/h1-2H3;1-2H3;1H3;2*1H4;/i;;1D;;;. The molecule has 0 saturated heterocycles. The van der Waals surface area contributed by atoms with Crippen LogP contribution in [0.3, 0.4) is 0 Å². The maximum absolute atomic E-state index is 9.96. The largest absolute Gasteiger partial charge is 0.394 e. The fourth-order valence-corrected chi connectivity index (χ4v) is 0.202. The number of ether oxygens (including phenoxy) is 1. The van der Waals surface area contributed by atoms with Gasteiger partial charge in [-0.3, -0.25) is 14.0 Å². The number of hydrogen-bond donors (Lipinski definition) is 0. The van der Waals surface area contributed by atoms with Gasteiger partial charge in [-0.05, 0) is 13.8 Å². The molecule has 4 nitrogen and oxygen atoms in total. The summed E-state index contributed by atoms with van der Waals surface area (Å²) in [5.41, 5.74) is 0. The molecule has 0 spiro atoms. The molecule has 0 saturated carbocycles. The summed E-state index contributed by atoms with van der Waals surface area (Å²) < 4.78 is 19.5. The molecule has 1 radical (unpaired) electrons. The minimum absolute atomic E-state index is 0. The van der Waals surface area contributed by atoms with Crippen molar-refractivity contribution in [2.45, 2.75) is 42.5 Å².